The summed E-state index contributed by atoms with van der Waals surface area (Å²) in [7, 11) is -2.31. The van der Waals surface area contributed by atoms with Gasteiger partial charge in [-0.3, -0.25) is 0 Å². The number of hydrogen-bond acceptors (Lipinski definition) is 3. The molecule has 0 saturated heterocycles. The maximum Gasteiger partial charge on any atom is 0.287 e. The summed E-state index contributed by atoms with van der Waals surface area (Å²) in [6, 6.07) is 28.0. The minimum Gasteiger partial charge on any atom is -0.320 e. The summed E-state index contributed by atoms with van der Waals surface area (Å²) in [4.78, 5) is 0. The second kappa shape index (κ2) is 6.94. The lowest BCUT2D eigenvalue weighted by Gasteiger charge is -2.28. The van der Waals surface area contributed by atoms with Crippen LogP contribution in [0.2, 0.25) is 0 Å². The Bertz CT molecular complexity index is 634. The first-order valence-electron chi connectivity index (χ1n) is 7.15. The monoisotopic (exact) mass is 326 g/mol. The molecule has 0 aliphatic rings. The third-order valence-electron chi connectivity index (χ3n) is 3.72. The van der Waals surface area contributed by atoms with E-state index in [9.17, 15) is 9.32 Å². The zero-order valence-electron chi connectivity index (χ0n) is 12.3. The molecule has 0 N–H and O–H groups in total. The van der Waals surface area contributed by atoms with Crippen LogP contribution in [0.5, 0.6) is 0 Å². The van der Waals surface area contributed by atoms with E-state index >= 15 is 0 Å². The molecule has 0 heterocycles. The smallest absolute Gasteiger partial charge is 0.287 e. The number of benzene rings is 3. The summed E-state index contributed by atoms with van der Waals surface area (Å²) in [6.45, 7) is 0. The fourth-order valence-corrected chi connectivity index (χ4v) is 3.20. The van der Waals surface area contributed by atoms with E-state index < -0.39 is 16.4 Å². The van der Waals surface area contributed by atoms with E-state index in [0.717, 1.165) is 16.7 Å². The number of rotatable bonds is 5. The lowest BCUT2D eigenvalue weighted by molar-refractivity contribution is -1.63. The summed E-state index contributed by atoms with van der Waals surface area (Å²) in [6.07, 6.45) is 0. The van der Waals surface area contributed by atoms with E-state index in [4.69, 9.17) is 4.29 Å². The van der Waals surface area contributed by atoms with Gasteiger partial charge in [0, 0.05) is 21.0 Å². The maximum absolute atomic E-state index is 11.5. The van der Waals surface area contributed by atoms with E-state index in [0.29, 0.717) is 0 Å². The second-order valence-electron chi connectivity index (χ2n) is 5.05. The quantitative estimate of drug-likeness (QED) is 0.675. The predicted octanol–water partition coefficient (Wildman–Crippen LogP) is 2.08. The van der Waals surface area contributed by atoms with Gasteiger partial charge in [0.25, 0.3) is 16.4 Å². The summed E-state index contributed by atoms with van der Waals surface area (Å²) in [5, 5.41) is 0. The normalized spacial score (nSPS) is 11.6. The zero-order chi connectivity index (χ0) is 16.1. The Morgan fingerprint density at radius 3 is 1.13 bits per heavy atom. The van der Waals surface area contributed by atoms with Crippen LogP contribution in [0.15, 0.2) is 91.0 Å². The van der Waals surface area contributed by atoms with Gasteiger partial charge in [-0.05, 0) is 0 Å². The molecule has 0 spiro atoms. The Hall–Kier alpha value is -2.17. The molecule has 0 atom stereocenters. The molecular weight excluding hydrogens is 312 g/mol. The van der Waals surface area contributed by atoms with Crippen molar-refractivity contribution in [1.82, 2.24) is 0 Å². The molecule has 4 heteroatoms. The highest BCUT2D eigenvalue weighted by Gasteiger charge is 2.47. The molecule has 116 valence electrons. The molecule has 0 amide bonds. The van der Waals surface area contributed by atoms with Gasteiger partial charge in [-0.2, -0.15) is 0 Å². The molecule has 0 fully saturated rings. The van der Waals surface area contributed by atoms with Crippen LogP contribution >= 0.6 is 0 Å². The largest absolute Gasteiger partial charge is 0.320 e. The van der Waals surface area contributed by atoms with Crippen LogP contribution in [-0.4, -0.2) is 0 Å². The molecule has 3 aromatic carbocycles. The summed E-state index contributed by atoms with van der Waals surface area (Å²) >= 11 is 0. The Labute approximate surface area is 138 Å². The highest BCUT2D eigenvalue weighted by molar-refractivity contribution is 5.47. The lowest BCUT2D eigenvalue weighted by atomic mass is 9.80. The summed E-state index contributed by atoms with van der Waals surface area (Å²) in [5.41, 5.74) is 0.998. The molecule has 0 bridgehead atoms. The average Bonchev–Trinajstić information content (AvgIpc) is 2.62. The molecule has 0 aliphatic carbocycles. The van der Waals surface area contributed by atoms with Crippen molar-refractivity contribution in [3.8, 4) is 0 Å². The minimum absolute atomic E-state index is 0.742. The molecule has 3 rings (SSSR count). The first-order valence-corrected chi connectivity index (χ1v) is 8.07. The molecule has 0 aromatic heterocycles. The summed E-state index contributed by atoms with van der Waals surface area (Å²) in [5.74, 6) is 0. The lowest BCUT2D eigenvalue weighted by Crippen LogP contribution is -2.44. The van der Waals surface area contributed by atoms with Crippen molar-refractivity contribution in [3.05, 3.63) is 108 Å². The Morgan fingerprint density at radius 2 is 0.870 bits per heavy atom. The highest BCUT2D eigenvalue weighted by atomic mass is 35.6. The van der Waals surface area contributed by atoms with Crippen molar-refractivity contribution in [3.63, 3.8) is 0 Å². The van der Waals surface area contributed by atoms with E-state index in [1.165, 1.54) is 0 Å². The molecule has 23 heavy (non-hydrogen) atoms. The van der Waals surface area contributed by atoms with Crippen molar-refractivity contribution in [2.24, 2.45) is 0 Å². The molecule has 3 aromatic rings. The first kappa shape index (κ1) is 15.7. The van der Waals surface area contributed by atoms with Gasteiger partial charge < -0.3 is 9.32 Å². The van der Waals surface area contributed by atoms with Crippen LogP contribution in [0.4, 0.5) is 0 Å². The Morgan fingerprint density at radius 1 is 0.565 bits per heavy atom. The molecule has 0 aliphatic heterocycles. The second-order valence-corrected chi connectivity index (χ2v) is 5.58. The zero-order valence-corrected chi connectivity index (χ0v) is 13.0. The molecular formula is C19H15ClO3. The van der Waals surface area contributed by atoms with Crippen molar-refractivity contribution >= 4 is 0 Å². The number of halogens is 1. The topological polar surface area (TPSA) is 55.3 Å². The van der Waals surface area contributed by atoms with Crippen molar-refractivity contribution < 1.29 is 24.4 Å². The van der Waals surface area contributed by atoms with Gasteiger partial charge in [0.1, 0.15) is 0 Å². The molecule has 3 nitrogen and oxygen atoms in total. The fraction of sp³-hybridized carbons (Fsp3) is 0.0526. The summed E-state index contributed by atoms with van der Waals surface area (Å²) < 4.78 is 28.4. The number of hydrogen-bond donors (Lipinski definition) is 0. The van der Waals surface area contributed by atoms with Gasteiger partial charge in [-0.25, -0.2) is 0 Å². The van der Waals surface area contributed by atoms with Crippen LogP contribution in [0.25, 0.3) is 0 Å². The Kier molecular flexibility index (Phi) is 4.74. The molecule has 0 unspecified atom stereocenters. The third-order valence-corrected chi connectivity index (χ3v) is 4.08. The Balaban J connectivity index is 2.30. The van der Waals surface area contributed by atoms with Gasteiger partial charge in [0.05, 0.1) is 0 Å². The highest BCUT2D eigenvalue weighted by Crippen LogP contribution is 2.40. The minimum atomic E-state index is -2.31. The SMILES string of the molecule is [O-][Cl+2]([O-])OC(c1ccccc1)(c1ccccc1)c1ccccc1. The van der Waals surface area contributed by atoms with Crippen molar-refractivity contribution in [1.29, 1.82) is 0 Å². The van der Waals surface area contributed by atoms with E-state index in [1.807, 2.05) is 91.0 Å². The van der Waals surface area contributed by atoms with Crippen LogP contribution in [-0.2, 0) is 9.89 Å². The molecule has 0 radical (unpaired) electrons. The predicted molar refractivity (Wildman–Crippen MR) is 80.3 cm³/mol. The van der Waals surface area contributed by atoms with Crippen LogP contribution < -0.4 is 9.32 Å². The first-order chi connectivity index (χ1) is 11.2. The maximum atomic E-state index is 11.5. The van der Waals surface area contributed by atoms with E-state index in [2.05, 4.69) is 0 Å². The van der Waals surface area contributed by atoms with Crippen LogP contribution in [0, 0.1) is 10.8 Å². The van der Waals surface area contributed by atoms with Crippen LogP contribution in [0.3, 0.4) is 0 Å². The van der Waals surface area contributed by atoms with Gasteiger partial charge in [-0.1, -0.05) is 91.0 Å². The van der Waals surface area contributed by atoms with Gasteiger partial charge >= 0.3 is 0 Å². The van der Waals surface area contributed by atoms with Gasteiger partial charge in [0.15, 0.2) is 0 Å². The van der Waals surface area contributed by atoms with E-state index in [1.54, 1.807) is 0 Å². The third kappa shape index (κ3) is 3.14. The average molecular weight is 327 g/mol. The molecule has 0 saturated carbocycles. The van der Waals surface area contributed by atoms with Crippen LogP contribution in [0.1, 0.15) is 16.7 Å². The standard InChI is InChI=1S/C19H15ClO3/c21-20(22)23-19(16-10-4-1-5-11-16,17-12-6-2-7-13-17)18-14-8-3-9-15-18/h1-15H. The van der Waals surface area contributed by atoms with E-state index in [-0.39, 0.29) is 0 Å². The van der Waals surface area contributed by atoms with Crippen molar-refractivity contribution in [2.45, 2.75) is 5.60 Å². The fourth-order valence-electron chi connectivity index (χ4n) is 2.75. The van der Waals surface area contributed by atoms with Gasteiger partial charge in [-0.15, -0.1) is 0 Å². The van der Waals surface area contributed by atoms with Crippen molar-refractivity contribution in [2.75, 3.05) is 0 Å². The van der Waals surface area contributed by atoms with Gasteiger partial charge in [0.2, 0.25) is 0 Å².